The third-order valence-electron chi connectivity index (χ3n) is 4.63. The van der Waals surface area contributed by atoms with Crippen molar-refractivity contribution in [2.24, 2.45) is 0 Å². The maximum atomic E-state index is 12.7. The van der Waals surface area contributed by atoms with Gasteiger partial charge in [0.25, 0.3) is 0 Å². The van der Waals surface area contributed by atoms with Gasteiger partial charge in [-0.15, -0.1) is 11.3 Å². The van der Waals surface area contributed by atoms with Crippen molar-refractivity contribution in [3.05, 3.63) is 21.9 Å². The lowest BCUT2D eigenvalue weighted by molar-refractivity contribution is -0.123. The van der Waals surface area contributed by atoms with Gasteiger partial charge in [0.15, 0.2) is 0 Å². The van der Waals surface area contributed by atoms with Gasteiger partial charge in [-0.3, -0.25) is 4.79 Å². The number of fused-ring (bicyclic) bond motifs is 1. The fourth-order valence-electron chi connectivity index (χ4n) is 3.47. The average molecular weight is 356 g/mol. The summed E-state index contributed by atoms with van der Waals surface area (Å²) in [5.74, 6) is 0.341. The molecule has 1 saturated carbocycles. The van der Waals surface area contributed by atoms with Crippen LogP contribution in [0.3, 0.4) is 0 Å². The molecule has 1 aromatic heterocycles. The Bertz CT molecular complexity index is 473. The quantitative estimate of drug-likeness (QED) is 0.618. The van der Waals surface area contributed by atoms with E-state index in [4.69, 9.17) is 0 Å². The van der Waals surface area contributed by atoms with Crippen LogP contribution in [0.4, 0.5) is 0 Å². The molecule has 4 heteroatoms. The van der Waals surface area contributed by atoms with Crippen LogP contribution in [0.5, 0.6) is 0 Å². The molecule has 0 bridgehead atoms. The Morgan fingerprint density at radius 2 is 2.05 bits per heavy atom. The van der Waals surface area contributed by atoms with Crippen LogP contribution in [-0.4, -0.2) is 16.8 Å². The van der Waals surface area contributed by atoms with E-state index in [1.54, 1.807) is 0 Å². The number of hydrogen-bond acceptors (Lipinski definition) is 2. The van der Waals surface area contributed by atoms with E-state index in [-0.39, 0.29) is 11.8 Å². The minimum atomic E-state index is 0.0907. The van der Waals surface area contributed by atoms with Crippen molar-refractivity contribution in [3.63, 3.8) is 0 Å². The molecule has 3 unspecified atom stereocenters. The highest BCUT2D eigenvalue weighted by atomic mass is 79.9. The summed E-state index contributed by atoms with van der Waals surface area (Å²) < 4.78 is 0. The predicted molar refractivity (Wildman–Crippen MR) is 87.7 cm³/mol. The molecule has 2 aliphatic rings. The molecule has 0 spiro atoms. The van der Waals surface area contributed by atoms with Gasteiger partial charge in [-0.25, -0.2) is 0 Å². The van der Waals surface area contributed by atoms with Crippen LogP contribution in [0.25, 0.3) is 0 Å². The van der Waals surface area contributed by atoms with Gasteiger partial charge in [0, 0.05) is 15.7 Å². The first-order valence-corrected chi connectivity index (χ1v) is 9.56. The average Bonchev–Trinajstić information content (AvgIpc) is 2.84. The minimum Gasteiger partial charge on any atom is -0.352 e. The van der Waals surface area contributed by atoms with Gasteiger partial charge in [-0.1, -0.05) is 35.2 Å². The first kappa shape index (κ1) is 14.6. The van der Waals surface area contributed by atoms with Crippen LogP contribution < -0.4 is 5.32 Å². The van der Waals surface area contributed by atoms with Gasteiger partial charge in [0.1, 0.15) is 0 Å². The summed E-state index contributed by atoms with van der Waals surface area (Å²) >= 11 is 5.58. The van der Waals surface area contributed by atoms with Crippen LogP contribution in [-0.2, 0) is 11.2 Å². The summed E-state index contributed by atoms with van der Waals surface area (Å²) in [6.45, 7) is 0. The maximum absolute atomic E-state index is 12.7. The molecule has 1 N–H and O–H groups in total. The zero-order chi connectivity index (χ0) is 13.9. The largest absolute Gasteiger partial charge is 0.352 e. The van der Waals surface area contributed by atoms with Crippen LogP contribution in [0.1, 0.15) is 61.3 Å². The fraction of sp³-hybridized carbons (Fsp3) is 0.688. The lowest BCUT2D eigenvalue weighted by Crippen LogP contribution is -2.43. The topological polar surface area (TPSA) is 29.1 Å². The van der Waals surface area contributed by atoms with E-state index in [0.717, 1.165) is 25.7 Å². The van der Waals surface area contributed by atoms with Gasteiger partial charge in [-0.05, 0) is 49.1 Å². The molecule has 1 heterocycles. The Morgan fingerprint density at radius 3 is 2.95 bits per heavy atom. The number of rotatable bonds is 2. The van der Waals surface area contributed by atoms with Gasteiger partial charge >= 0.3 is 0 Å². The Labute approximate surface area is 133 Å². The molecule has 3 rings (SSSR count). The number of hydrogen-bond donors (Lipinski definition) is 1. The fourth-order valence-corrected chi connectivity index (χ4v) is 5.17. The van der Waals surface area contributed by atoms with E-state index in [1.807, 2.05) is 11.3 Å². The molecule has 1 amide bonds. The van der Waals surface area contributed by atoms with E-state index < -0.39 is 0 Å². The molecule has 0 saturated heterocycles. The monoisotopic (exact) mass is 355 g/mol. The number of halogens is 1. The molecule has 1 aromatic rings. The summed E-state index contributed by atoms with van der Waals surface area (Å²) in [4.78, 5) is 14.5. The summed E-state index contributed by atoms with van der Waals surface area (Å²) in [5, 5.41) is 5.46. The first-order valence-electron chi connectivity index (χ1n) is 7.76. The Hall–Kier alpha value is -0.350. The maximum Gasteiger partial charge on any atom is 0.227 e. The number of nitrogens with one attached hydrogen (secondary N) is 1. The van der Waals surface area contributed by atoms with E-state index in [2.05, 4.69) is 32.7 Å². The highest BCUT2D eigenvalue weighted by Gasteiger charge is 2.30. The number of carbonyl (C=O) groups excluding carboxylic acids is 1. The summed E-state index contributed by atoms with van der Waals surface area (Å²) in [6.07, 6.45) is 9.42. The zero-order valence-corrected chi connectivity index (χ0v) is 14.1. The highest BCUT2D eigenvalue weighted by Crippen LogP contribution is 2.35. The second kappa shape index (κ2) is 6.61. The molecule has 0 aromatic carbocycles. The van der Waals surface area contributed by atoms with Gasteiger partial charge in [0.2, 0.25) is 5.91 Å². The van der Waals surface area contributed by atoms with Crippen molar-refractivity contribution in [1.29, 1.82) is 0 Å². The molecule has 2 nitrogen and oxygen atoms in total. The molecule has 3 atom stereocenters. The number of amides is 1. The number of aryl methyl sites for hydroxylation is 1. The Morgan fingerprint density at radius 1 is 1.20 bits per heavy atom. The van der Waals surface area contributed by atoms with Gasteiger partial charge in [-0.2, -0.15) is 0 Å². The third-order valence-corrected chi connectivity index (χ3v) is 6.72. The smallest absolute Gasteiger partial charge is 0.227 e. The van der Waals surface area contributed by atoms with Crippen molar-refractivity contribution in [1.82, 2.24) is 5.32 Å². The summed E-state index contributed by atoms with van der Waals surface area (Å²) in [5.41, 5.74) is 1.29. The van der Waals surface area contributed by atoms with E-state index in [9.17, 15) is 4.79 Å². The van der Waals surface area contributed by atoms with Crippen LogP contribution >= 0.6 is 27.3 Å². The molecule has 1 fully saturated rings. The Kier molecular flexibility index (Phi) is 4.82. The summed E-state index contributed by atoms with van der Waals surface area (Å²) in [7, 11) is 0. The van der Waals surface area contributed by atoms with Crippen molar-refractivity contribution >= 4 is 33.2 Å². The lowest BCUT2D eigenvalue weighted by atomic mass is 9.87. The van der Waals surface area contributed by atoms with Crippen LogP contribution in [0.15, 0.2) is 11.4 Å². The highest BCUT2D eigenvalue weighted by molar-refractivity contribution is 9.09. The van der Waals surface area contributed by atoms with Gasteiger partial charge < -0.3 is 5.32 Å². The minimum absolute atomic E-state index is 0.0907. The first-order chi connectivity index (χ1) is 9.75. The molecule has 2 aliphatic carbocycles. The molecule has 0 aliphatic heterocycles. The lowest BCUT2D eigenvalue weighted by Gasteiger charge is -2.27. The van der Waals surface area contributed by atoms with E-state index >= 15 is 0 Å². The van der Waals surface area contributed by atoms with Crippen molar-refractivity contribution < 1.29 is 4.79 Å². The second-order valence-corrected chi connectivity index (χ2v) is 8.19. The van der Waals surface area contributed by atoms with Crippen molar-refractivity contribution in [2.75, 3.05) is 0 Å². The molecule has 0 radical (unpaired) electrons. The molecular weight excluding hydrogens is 334 g/mol. The second-order valence-electron chi connectivity index (χ2n) is 6.01. The third kappa shape index (κ3) is 3.11. The van der Waals surface area contributed by atoms with Crippen molar-refractivity contribution in [2.45, 2.75) is 68.2 Å². The van der Waals surface area contributed by atoms with E-state index in [1.165, 1.54) is 36.1 Å². The predicted octanol–water partition coefficient (Wildman–Crippen LogP) is 4.38. The Balaban J connectivity index is 1.68. The van der Waals surface area contributed by atoms with Gasteiger partial charge in [0.05, 0.1) is 5.92 Å². The number of alkyl halides is 1. The molecular formula is C16H22BrNOS. The number of thiophene rings is 1. The van der Waals surface area contributed by atoms with Crippen molar-refractivity contribution in [3.8, 4) is 0 Å². The van der Waals surface area contributed by atoms with E-state index in [0.29, 0.717) is 10.9 Å². The van der Waals surface area contributed by atoms with Crippen LogP contribution in [0.2, 0.25) is 0 Å². The molecule has 20 heavy (non-hydrogen) atoms. The normalized spacial score (nSPS) is 30.4. The molecule has 110 valence electrons. The zero-order valence-electron chi connectivity index (χ0n) is 11.7. The van der Waals surface area contributed by atoms with Crippen LogP contribution in [0, 0.1) is 0 Å². The number of carbonyl (C=O) groups is 1. The standard InChI is InChI=1S/C16H22BrNOS/c17-13-6-2-1-3-7-14(13)18-16(19)12-5-4-8-15-11(12)9-10-20-15/h9-10,12-14H,1-8H2,(H,18,19). The summed E-state index contributed by atoms with van der Waals surface area (Å²) in [6, 6.07) is 2.47. The SMILES string of the molecule is O=C(NC1CCCCCC1Br)C1CCCc2sccc21.